The number of methoxy groups -OCH3 is 1. The third-order valence-electron chi connectivity index (χ3n) is 5.33. The maximum absolute atomic E-state index is 15.0. The molecule has 0 radical (unpaired) electrons. The van der Waals surface area contributed by atoms with E-state index in [1.54, 1.807) is 53.1 Å². The number of nitrogens with zero attached hydrogens (tertiary/aromatic N) is 5. The van der Waals surface area contributed by atoms with Crippen molar-refractivity contribution in [2.75, 3.05) is 20.3 Å². The largest absolute Gasteiger partial charge is 0.493 e. The Hall–Kier alpha value is -2.78. The Morgan fingerprint density at radius 2 is 2.17 bits per heavy atom. The van der Waals surface area contributed by atoms with Crippen LogP contribution < -0.4 is 4.74 Å². The second-order valence-corrected chi connectivity index (χ2v) is 7.68. The quantitative estimate of drug-likeness (QED) is 0.485. The second-order valence-electron chi connectivity index (χ2n) is 7.25. The number of benzene rings is 1. The van der Waals surface area contributed by atoms with Crippen molar-refractivity contribution in [1.82, 2.24) is 24.3 Å². The van der Waals surface area contributed by atoms with E-state index in [0.29, 0.717) is 38.5 Å². The highest BCUT2D eigenvalue weighted by Crippen LogP contribution is 2.40. The number of ether oxygens (including phenoxy) is 2. The molecule has 1 aromatic carbocycles. The molecule has 7 nitrogen and oxygen atoms in total. The predicted molar refractivity (Wildman–Crippen MR) is 107 cm³/mol. The topological polar surface area (TPSA) is 67.0 Å². The molecule has 4 heterocycles. The Balaban J connectivity index is 1.76. The van der Waals surface area contributed by atoms with Gasteiger partial charge in [-0.05, 0) is 24.6 Å². The van der Waals surface area contributed by atoms with Crippen LogP contribution in [0.5, 0.6) is 5.75 Å². The van der Waals surface area contributed by atoms with E-state index in [4.69, 9.17) is 21.1 Å². The van der Waals surface area contributed by atoms with Crippen molar-refractivity contribution in [1.29, 1.82) is 0 Å². The molecule has 0 unspecified atom stereocenters. The average molecular weight is 434 g/mol. The van der Waals surface area contributed by atoms with Gasteiger partial charge < -0.3 is 14.0 Å². The summed E-state index contributed by atoms with van der Waals surface area (Å²) in [6, 6.07) is 4.13. The van der Waals surface area contributed by atoms with E-state index in [1.165, 1.54) is 0 Å². The Morgan fingerprint density at radius 1 is 1.30 bits per heavy atom. The monoisotopic (exact) mass is 433 g/mol. The third kappa shape index (κ3) is 3.18. The number of hydrogen-bond donors (Lipinski definition) is 0. The smallest absolute Gasteiger partial charge is 0.291 e. The average Bonchev–Trinajstić information content (AvgIpc) is 3.32. The molecule has 4 aromatic rings. The van der Waals surface area contributed by atoms with Gasteiger partial charge in [0.25, 0.3) is 5.92 Å². The zero-order valence-corrected chi connectivity index (χ0v) is 16.8. The molecule has 0 N–H and O–H groups in total. The van der Waals surface area contributed by atoms with Crippen LogP contribution in [0, 0.1) is 0 Å². The van der Waals surface area contributed by atoms with Gasteiger partial charge in [0.15, 0.2) is 5.75 Å². The molecule has 1 saturated heterocycles. The van der Waals surface area contributed by atoms with E-state index in [-0.39, 0.29) is 19.6 Å². The maximum Gasteiger partial charge on any atom is 0.291 e. The predicted octanol–water partition coefficient (Wildman–Crippen LogP) is 4.09. The number of fused-ring (bicyclic) bond motifs is 3. The molecule has 30 heavy (non-hydrogen) atoms. The molecule has 0 aliphatic carbocycles. The molecular formula is C20H18ClF2N5O2. The fraction of sp³-hybridized carbons (Fsp3) is 0.350. The van der Waals surface area contributed by atoms with E-state index >= 15 is 0 Å². The molecule has 0 amide bonds. The molecule has 1 fully saturated rings. The molecule has 5 rings (SSSR count). The molecule has 0 saturated carbocycles. The summed E-state index contributed by atoms with van der Waals surface area (Å²) < 4.78 is 43.4. The molecule has 156 valence electrons. The highest BCUT2D eigenvalue weighted by molar-refractivity contribution is 6.31. The summed E-state index contributed by atoms with van der Waals surface area (Å²) >= 11 is 6.21. The van der Waals surface area contributed by atoms with Crippen molar-refractivity contribution in [3.05, 3.63) is 47.6 Å². The summed E-state index contributed by atoms with van der Waals surface area (Å²) in [5, 5.41) is 5.42. The SMILES string of the molecule is COc1cnn(Cc2nc3cnc4ccc(Cl)cc4c3n2[C@H]2CCOCC2(F)F)c1. The lowest BCUT2D eigenvalue weighted by atomic mass is 10.0. The zero-order chi connectivity index (χ0) is 20.9. The van der Waals surface area contributed by atoms with E-state index in [2.05, 4.69) is 15.1 Å². The van der Waals surface area contributed by atoms with Crippen LogP contribution in [0.15, 0.2) is 36.8 Å². The number of halogens is 3. The van der Waals surface area contributed by atoms with Crippen LogP contribution >= 0.6 is 11.6 Å². The van der Waals surface area contributed by atoms with Crippen LogP contribution in [0.4, 0.5) is 8.78 Å². The van der Waals surface area contributed by atoms with Gasteiger partial charge in [-0.2, -0.15) is 5.10 Å². The van der Waals surface area contributed by atoms with Gasteiger partial charge in [-0.15, -0.1) is 0 Å². The third-order valence-corrected chi connectivity index (χ3v) is 5.56. The van der Waals surface area contributed by atoms with Gasteiger partial charge in [-0.25, -0.2) is 13.8 Å². The van der Waals surface area contributed by atoms with E-state index < -0.39 is 18.6 Å². The highest BCUT2D eigenvalue weighted by atomic mass is 35.5. The maximum atomic E-state index is 15.0. The second kappa shape index (κ2) is 7.17. The lowest BCUT2D eigenvalue weighted by Crippen LogP contribution is -2.41. The number of pyridine rings is 1. The Bertz CT molecular complexity index is 1240. The van der Waals surface area contributed by atoms with Crippen molar-refractivity contribution in [3.63, 3.8) is 0 Å². The summed E-state index contributed by atoms with van der Waals surface area (Å²) in [6.07, 6.45) is 5.02. The summed E-state index contributed by atoms with van der Waals surface area (Å²) in [4.78, 5) is 9.07. The Kier molecular flexibility index (Phi) is 4.59. The molecule has 1 aliphatic rings. The van der Waals surface area contributed by atoms with E-state index in [1.807, 2.05) is 0 Å². The zero-order valence-electron chi connectivity index (χ0n) is 16.1. The van der Waals surface area contributed by atoms with Crippen LogP contribution in [-0.2, 0) is 11.3 Å². The number of hydrogen-bond acceptors (Lipinski definition) is 5. The molecule has 0 spiro atoms. The Labute approximate surface area is 175 Å². The van der Waals surface area contributed by atoms with E-state index in [9.17, 15) is 8.78 Å². The molecule has 1 aliphatic heterocycles. The first-order chi connectivity index (χ1) is 14.5. The first kappa shape index (κ1) is 19.2. The molecule has 0 bridgehead atoms. The number of rotatable bonds is 4. The molecule has 1 atom stereocenters. The van der Waals surface area contributed by atoms with Crippen LogP contribution in [0.25, 0.3) is 21.9 Å². The van der Waals surface area contributed by atoms with E-state index in [0.717, 1.165) is 0 Å². The minimum atomic E-state index is -3.05. The van der Waals surface area contributed by atoms with Crippen molar-refractivity contribution < 1.29 is 18.3 Å². The van der Waals surface area contributed by atoms with Crippen molar-refractivity contribution in [3.8, 4) is 5.75 Å². The fourth-order valence-corrected chi connectivity index (χ4v) is 4.13. The number of aromatic nitrogens is 5. The van der Waals surface area contributed by atoms with Crippen molar-refractivity contribution in [2.45, 2.75) is 24.9 Å². The first-order valence-electron chi connectivity index (χ1n) is 9.43. The van der Waals surface area contributed by atoms with Gasteiger partial charge in [-0.1, -0.05) is 11.6 Å². The minimum Gasteiger partial charge on any atom is -0.493 e. The van der Waals surface area contributed by atoms with Gasteiger partial charge in [-0.3, -0.25) is 9.67 Å². The first-order valence-corrected chi connectivity index (χ1v) is 9.81. The summed E-state index contributed by atoms with van der Waals surface area (Å²) in [7, 11) is 1.54. The van der Waals surface area contributed by atoms with Gasteiger partial charge in [0.05, 0.1) is 43.3 Å². The van der Waals surface area contributed by atoms with Crippen molar-refractivity contribution in [2.24, 2.45) is 0 Å². The minimum absolute atomic E-state index is 0.165. The normalized spacial score (nSPS) is 18.9. The lowest BCUT2D eigenvalue weighted by molar-refractivity contribution is -0.147. The Morgan fingerprint density at radius 3 is 2.93 bits per heavy atom. The molecular weight excluding hydrogens is 416 g/mol. The highest BCUT2D eigenvalue weighted by Gasteiger charge is 2.45. The van der Waals surface area contributed by atoms with Gasteiger partial charge in [0.2, 0.25) is 0 Å². The number of imidazole rings is 1. The van der Waals surface area contributed by atoms with Gasteiger partial charge in [0, 0.05) is 17.0 Å². The summed E-state index contributed by atoms with van der Waals surface area (Å²) in [5.74, 6) is -2.01. The summed E-state index contributed by atoms with van der Waals surface area (Å²) in [6.45, 7) is -0.178. The van der Waals surface area contributed by atoms with Crippen LogP contribution in [0.2, 0.25) is 5.02 Å². The lowest BCUT2D eigenvalue weighted by Gasteiger charge is -2.33. The van der Waals surface area contributed by atoms with Crippen molar-refractivity contribution >= 4 is 33.5 Å². The van der Waals surface area contributed by atoms with Gasteiger partial charge in [0.1, 0.15) is 24.0 Å². The van der Waals surface area contributed by atoms with Crippen LogP contribution in [-0.4, -0.2) is 50.6 Å². The fourth-order valence-electron chi connectivity index (χ4n) is 3.95. The molecule has 3 aromatic heterocycles. The molecule has 10 heteroatoms. The standard InChI is InChI=1S/C20H18ClF2N5O2/c1-29-13-7-25-27(9-13)10-18-26-16-8-24-15-3-2-12(21)6-14(15)19(16)28(18)17-4-5-30-11-20(17,22)23/h2-3,6-9,17H,4-5,10-11H2,1H3/t17-/m0/s1. The summed E-state index contributed by atoms with van der Waals surface area (Å²) in [5.41, 5.74) is 1.78. The van der Waals surface area contributed by atoms with Gasteiger partial charge >= 0.3 is 0 Å². The number of alkyl halides is 2. The van der Waals surface area contributed by atoms with Crippen LogP contribution in [0.1, 0.15) is 18.3 Å². The van der Waals surface area contributed by atoms with Crippen LogP contribution in [0.3, 0.4) is 0 Å².